The number of rotatable bonds is 8. The largest absolute Gasteiger partial charge is 0.495 e. The lowest BCUT2D eigenvalue weighted by molar-refractivity contribution is -0.117. The third-order valence-corrected chi connectivity index (χ3v) is 7.20. The van der Waals surface area contributed by atoms with Gasteiger partial charge in [0.2, 0.25) is 5.91 Å². The molecule has 7 nitrogen and oxygen atoms in total. The first-order valence-electron chi connectivity index (χ1n) is 11.8. The Kier molecular flexibility index (Phi) is 8.16. The summed E-state index contributed by atoms with van der Waals surface area (Å²) < 4.78 is 10.9. The lowest BCUT2D eigenvalue weighted by Crippen LogP contribution is -2.31. The summed E-state index contributed by atoms with van der Waals surface area (Å²) in [4.78, 5) is 28.5. The number of anilines is 2. The fourth-order valence-electron chi connectivity index (χ4n) is 4.05. The van der Waals surface area contributed by atoms with E-state index in [-0.39, 0.29) is 11.5 Å². The summed E-state index contributed by atoms with van der Waals surface area (Å²) in [6.07, 6.45) is 0.472. The lowest BCUT2D eigenvalue weighted by Gasteiger charge is -2.19. The van der Waals surface area contributed by atoms with Crippen molar-refractivity contribution >= 4 is 35.0 Å². The summed E-state index contributed by atoms with van der Waals surface area (Å²) in [6.45, 7) is 4.41. The number of methoxy groups -OCH3 is 1. The Hall–Kier alpha value is -4.22. The first kappa shape index (κ1) is 25.9. The maximum Gasteiger partial charge on any atom is 0.269 e. The van der Waals surface area contributed by atoms with E-state index >= 15 is 0 Å². The van der Waals surface area contributed by atoms with Gasteiger partial charge in [-0.25, -0.2) is 0 Å². The molecule has 0 radical (unpaired) electrons. The zero-order valence-electron chi connectivity index (χ0n) is 20.9. The predicted molar refractivity (Wildman–Crippen MR) is 146 cm³/mol. The molecule has 1 atom stereocenters. The molecule has 37 heavy (non-hydrogen) atoms. The van der Waals surface area contributed by atoms with Gasteiger partial charge in [0.1, 0.15) is 28.2 Å². The summed E-state index contributed by atoms with van der Waals surface area (Å²) in [7, 11) is 1.50. The zero-order chi connectivity index (χ0) is 26.4. The molecule has 3 aromatic rings. The van der Waals surface area contributed by atoms with Crippen molar-refractivity contribution in [3.63, 3.8) is 0 Å². The second-order valence-corrected chi connectivity index (χ2v) is 9.48. The molecule has 1 aliphatic heterocycles. The van der Waals surface area contributed by atoms with Gasteiger partial charge < -0.3 is 14.8 Å². The van der Waals surface area contributed by atoms with Crippen LogP contribution in [0.25, 0.3) is 0 Å². The number of para-hydroxylation sites is 2. The minimum absolute atomic E-state index is 0.148. The molecule has 0 aromatic heterocycles. The number of carbonyl (C=O) groups is 2. The lowest BCUT2D eigenvalue weighted by atomic mass is 10.0. The van der Waals surface area contributed by atoms with Crippen LogP contribution in [0.4, 0.5) is 11.4 Å². The van der Waals surface area contributed by atoms with Gasteiger partial charge in [-0.05, 0) is 67.8 Å². The zero-order valence-corrected chi connectivity index (χ0v) is 21.7. The van der Waals surface area contributed by atoms with Crippen molar-refractivity contribution < 1.29 is 19.1 Å². The summed E-state index contributed by atoms with van der Waals surface area (Å²) in [5.41, 5.74) is 2.96. The van der Waals surface area contributed by atoms with Gasteiger partial charge in [0.15, 0.2) is 0 Å². The monoisotopic (exact) mass is 513 g/mol. The molecule has 1 saturated heterocycles. The van der Waals surface area contributed by atoms with Crippen molar-refractivity contribution in [3.8, 4) is 17.6 Å². The smallest absolute Gasteiger partial charge is 0.269 e. The Balaban J connectivity index is 1.74. The van der Waals surface area contributed by atoms with E-state index in [4.69, 9.17) is 9.47 Å². The average molecular weight is 514 g/mol. The SMILES string of the molecule is CCOc1ccc(N2C(=O)C(Cc3ccccc3C)S/C2=C(/C#N)C(=O)Nc2ccccc2OC)cc1. The van der Waals surface area contributed by atoms with Crippen LogP contribution in [0.2, 0.25) is 0 Å². The van der Waals surface area contributed by atoms with Crippen LogP contribution < -0.4 is 19.7 Å². The van der Waals surface area contributed by atoms with E-state index in [0.29, 0.717) is 40.9 Å². The molecule has 1 heterocycles. The van der Waals surface area contributed by atoms with Crippen molar-refractivity contribution in [2.75, 3.05) is 23.9 Å². The number of hydrogen-bond acceptors (Lipinski definition) is 6. The van der Waals surface area contributed by atoms with Crippen molar-refractivity contribution in [1.29, 1.82) is 5.26 Å². The van der Waals surface area contributed by atoms with E-state index in [1.54, 1.807) is 48.5 Å². The highest BCUT2D eigenvalue weighted by molar-refractivity contribution is 8.05. The second kappa shape index (κ2) is 11.7. The number of aryl methyl sites for hydroxylation is 1. The maximum absolute atomic E-state index is 13.7. The first-order chi connectivity index (χ1) is 18.0. The average Bonchev–Trinajstić information content (AvgIpc) is 3.22. The van der Waals surface area contributed by atoms with E-state index < -0.39 is 11.2 Å². The Morgan fingerprint density at radius 1 is 1.08 bits per heavy atom. The number of hydrogen-bond donors (Lipinski definition) is 1. The third kappa shape index (κ3) is 5.63. The number of amides is 2. The number of nitrogens with one attached hydrogen (secondary N) is 1. The minimum atomic E-state index is -0.616. The number of nitrogens with zero attached hydrogens (tertiary/aromatic N) is 2. The topological polar surface area (TPSA) is 91.7 Å². The highest BCUT2D eigenvalue weighted by Gasteiger charge is 2.41. The van der Waals surface area contributed by atoms with Crippen LogP contribution in [0.5, 0.6) is 11.5 Å². The van der Waals surface area contributed by atoms with Crippen LogP contribution in [-0.2, 0) is 16.0 Å². The van der Waals surface area contributed by atoms with E-state index in [1.165, 1.54) is 23.8 Å². The Bertz CT molecular complexity index is 1380. The minimum Gasteiger partial charge on any atom is -0.495 e. The number of carbonyl (C=O) groups excluding carboxylic acids is 2. The van der Waals surface area contributed by atoms with E-state index in [9.17, 15) is 14.9 Å². The number of nitriles is 1. The number of benzene rings is 3. The Morgan fingerprint density at radius 2 is 1.78 bits per heavy atom. The van der Waals surface area contributed by atoms with Gasteiger partial charge >= 0.3 is 0 Å². The summed E-state index contributed by atoms with van der Waals surface area (Å²) in [5.74, 6) is 0.330. The molecule has 188 valence electrons. The van der Waals surface area contributed by atoms with E-state index in [0.717, 1.165) is 11.1 Å². The molecule has 1 unspecified atom stereocenters. The van der Waals surface area contributed by atoms with Crippen molar-refractivity contribution in [1.82, 2.24) is 0 Å². The van der Waals surface area contributed by atoms with Gasteiger partial charge in [0.05, 0.1) is 24.7 Å². The van der Waals surface area contributed by atoms with Crippen molar-refractivity contribution in [2.45, 2.75) is 25.5 Å². The van der Waals surface area contributed by atoms with Gasteiger partial charge in [-0.2, -0.15) is 5.26 Å². The fourth-order valence-corrected chi connectivity index (χ4v) is 5.35. The number of ether oxygens (including phenoxy) is 2. The molecule has 0 bridgehead atoms. The molecule has 2 amide bonds. The summed E-state index contributed by atoms with van der Waals surface area (Å²) >= 11 is 1.23. The van der Waals surface area contributed by atoms with Crippen molar-refractivity contribution in [2.24, 2.45) is 0 Å². The van der Waals surface area contributed by atoms with Gasteiger partial charge in [-0.15, -0.1) is 0 Å². The molecule has 0 spiro atoms. The standard InChI is InChI=1S/C29H27N3O4S/c1-4-36-22-15-13-21(14-16-22)32-28(34)26(17-20-10-6-5-9-19(20)2)37-29(32)23(18-30)27(33)31-24-11-7-8-12-25(24)35-3/h5-16,26H,4,17H2,1-3H3,(H,31,33)/b29-23-. The van der Waals surface area contributed by atoms with Crippen LogP contribution in [0.3, 0.4) is 0 Å². The summed E-state index contributed by atoms with van der Waals surface area (Å²) in [6, 6.07) is 23.9. The molecule has 1 N–H and O–H groups in total. The molecule has 8 heteroatoms. The normalized spacial score (nSPS) is 16.2. The van der Waals surface area contributed by atoms with Gasteiger partial charge in [-0.3, -0.25) is 14.5 Å². The van der Waals surface area contributed by atoms with Crippen LogP contribution in [-0.4, -0.2) is 30.8 Å². The molecular weight excluding hydrogens is 486 g/mol. The van der Waals surface area contributed by atoms with Crippen LogP contribution in [0.15, 0.2) is 83.4 Å². The second-order valence-electron chi connectivity index (χ2n) is 8.28. The quantitative estimate of drug-likeness (QED) is 0.317. The first-order valence-corrected chi connectivity index (χ1v) is 12.7. The molecule has 0 aliphatic carbocycles. The molecular formula is C29H27N3O4S. The highest BCUT2D eigenvalue weighted by atomic mass is 32.2. The molecule has 1 aliphatic rings. The van der Waals surface area contributed by atoms with Crippen molar-refractivity contribution in [3.05, 3.63) is 94.5 Å². The molecule has 3 aromatic carbocycles. The Morgan fingerprint density at radius 3 is 2.46 bits per heavy atom. The Labute approximate surface area is 220 Å². The highest BCUT2D eigenvalue weighted by Crippen LogP contribution is 2.42. The molecule has 4 rings (SSSR count). The van der Waals surface area contributed by atoms with Gasteiger partial charge in [0.25, 0.3) is 5.91 Å². The van der Waals surface area contributed by atoms with Crippen LogP contribution in [0.1, 0.15) is 18.1 Å². The number of thioether (sulfide) groups is 1. The summed E-state index contributed by atoms with van der Waals surface area (Å²) in [5, 5.41) is 12.6. The maximum atomic E-state index is 13.7. The van der Waals surface area contributed by atoms with E-state index in [1.807, 2.05) is 44.2 Å². The predicted octanol–water partition coefficient (Wildman–Crippen LogP) is 5.47. The van der Waals surface area contributed by atoms with Crippen LogP contribution in [0, 0.1) is 18.3 Å². The van der Waals surface area contributed by atoms with Gasteiger partial charge in [-0.1, -0.05) is 48.2 Å². The van der Waals surface area contributed by atoms with E-state index in [2.05, 4.69) is 5.32 Å². The molecule has 0 saturated carbocycles. The molecule has 1 fully saturated rings. The fraction of sp³-hybridized carbons (Fsp3) is 0.207. The van der Waals surface area contributed by atoms with Gasteiger partial charge in [0, 0.05) is 5.69 Å². The van der Waals surface area contributed by atoms with Crippen LogP contribution >= 0.6 is 11.8 Å². The third-order valence-electron chi connectivity index (χ3n) is 5.93.